The Kier molecular flexibility index (Phi) is 6.47. The van der Waals surface area contributed by atoms with E-state index in [1.54, 1.807) is 12.5 Å². The van der Waals surface area contributed by atoms with Gasteiger partial charge in [0, 0.05) is 12.1 Å². The normalized spacial score (nSPS) is 17.2. The number of hydrogen-bond donors (Lipinski definition) is 1. The molecule has 0 radical (unpaired) electrons. The highest BCUT2D eigenvalue weighted by Crippen LogP contribution is 2.46. The molecule has 1 aromatic heterocycles. The lowest BCUT2D eigenvalue weighted by molar-refractivity contribution is -0.0136. The summed E-state index contributed by atoms with van der Waals surface area (Å²) in [6.07, 6.45) is 10.8. The van der Waals surface area contributed by atoms with Crippen molar-refractivity contribution in [1.82, 2.24) is 14.9 Å². The molecule has 0 unspecified atom stereocenters. The maximum absolute atomic E-state index is 13.3. The van der Waals surface area contributed by atoms with Gasteiger partial charge in [-0.05, 0) is 73.3 Å². The SMILES string of the molecule is C=C1C=C([C@@H](NC(=O)OC(CC)(CC)C2CC2)c2cncn2C)c2cc(Cl)ccc2CC1. The number of nitrogens with zero attached hydrogens (tertiary/aromatic N) is 2. The van der Waals surface area contributed by atoms with Gasteiger partial charge in [0.1, 0.15) is 5.60 Å². The molecule has 4 rings (SSSR count). The second-order valence-corrected chi connectivity index (χ2v) is 9.44. The molecular formula is C26H32ClN3O2. The van der Waals surface area contributed by atoms with Crippen LogP contribution in [0.3, 0.4) is 0 Å². The number of rotatable bonds is 7. The summed E-state index contributed by atoms with van der Waals surface area (Å²) in [5.74, 6) is 0.454. The van der Waals surface area contributed by atoms with Crippen LogP contribution in [0.5, 0.6) is 0 Å². The Labute approximate surface area is 195 Å². The van der Waals surface area contributed by atoms with Crippen LogP contribution in [0.1, 0.15) is 68.8 Å². The van der Waals surface area contributed by atoms with Crippen LogP contribution in [-0.4, -0.2) is 21.2 Å². The van der Waals surface area contributed by atoms with Gasteiger partial charge in [-0.1, -0.05) is 49.7 Å². The van der Waals surface area contributed by atoms with Gasteiger partial charge >= 0.3 is 6.09 Å². The summed E-state index contributed by atoms with van der Waals surface area (Å²) in [4.78, 5) is 17.6. The van der Waals surface area contributed by atoms with Gasteiger partial charge in [0.25, 0.3) is 0 Å². The number of amides is 1. The van der Waals surface area contributed by atoms with Crippen molar-refractivity contribution in [2.75, 3.05) is 0 Å². The number of carbonyl (C=O) groups is 1. The second kappa shape index (κ2) is 9.14. The third-order valence-corrected chi connectivity index (χ3v) is 7.23. The number of fused-ring (bicyclic) bond motifs is 1. The fraction of sp³-hybridized carbons (Fsp3) is 0.462. The van der Waals surface area contributed by atoms with Crippen molar-refractivity contribution >= 4 is 23.3 Å². The molecule has 6 heteroatoms. The first-order valence-electron chi connectivity index (χ1n) is 11.5. The van der Waals surface area contributed by atoms with E-state index in [2.05, 4.69) is 42.9 Å². The standard InChI is InChI=1S/C26H32ClN3O2/c1-5-26(6-2,19-10-11-19)32-25(31)29-24(23-15-28-16-30(23)4)22-13-17(3)7-8-18-9-12-20(27)14-21(18)22/h9,12-16,19,24H,3,5-8,10-11H2,1-2,4H3,(H,29,31)/t24-/m1/s1. The quantitative estimate of drug-likeness (QED) is 0.528. The number of nitrogens with one attached hydrogen (secondary N) is 1. The van der Waals surface area contributed by atoms with Crippen LogP contribution in [0.4, 0.5) is 4.79 Å². The predicted molar refractivity (Wildman–Crippen MR) is 128 cm³/mol. The summed E-state index contributed by atoms with van der Waals surface area (Å²) in [5, 5.41) is 3.84. The van der Waals surface area contributed by atoms with Gasteiger partial charge in [-0.15, -0.1) is 0 Å². The number of allylic oxidation sites excluding steroid dienone is 2. The Hall–Kier alpha value is -2.53. The van der Waals surface area contributed by atoms with Crippen molar-refractivity contribution in [3.05, 3.63) is 70.8 Å². The Balaban J connectivity index is 1.72. The highest BCUT2D eigenvalue weighted by molar-refractivity contribution is 6.30. The zero-order chi connectivity index (χ0) is 22.9. The lowest BCUT2D eigenvalue weighted by Crippen LogP contribution is -2.41. The minimum absolute atomic E-state index is 0.397. The van der Waals surface area contributed by atoms with Crippen molar-refractivity contribution in [1.29, 1.82) is 0 Å². The van der Waals surface area contributed by atoms with Gasteiger partial charge in [0.05, 0.1) is 24.3 Å². The largest absolute Gasteiger partial charge is 0.443 e. The molecule has 1 atom stereocenters. The molecular weight excluding hydrogens is 422 g/mol. The third kappa shape index (κ3) is 4.49. The third-order valence-electron chi connectivity index (χ3n) is 7.00. The molecule has 0 spiro atoms. The van der Waals surface area contributed by atoms with Crippen LogP contribution >= 0.6 is 11.6 Å². The molecule has 5 nitrogen and oxygen atoms in total. The van der Waals surface area contributed by atoms with E-state index in [9.17, 15) is 4.79 Å². The van der Waals surface area contributed by atoms with Crippen molar-refractivity contribution in [3.63, 3.8) is 0 Å². The molecule has 32 heavy (non-hydrogen) atoms. The molecule has 2 aliphatic carbocycles. The minimum Gasteiger partial charge on any atom is -0.443 e. The van der Waals surface area contributed by atoms with Crippen LogP contribution in [0, 0.1) is 5.92 Å². The summed E-state index contributed by atoms with van der Waals surface area (Å²) in [6.45, 7) is 8.44. The second-order valence-electron chi connectivity index (χ2n) is 9.00. The number of ether oxygens (including phenoxy) is 1. The number of benzene rings is 1. The molecule has 1 heterocycles. The van der Waals surface area contributed by atoms with E-state index < -0.39 is 17.7 Å². The average Bonchev–Trinajstić information content (AvgIpc) is 3.57. The van der Waals surface area contributed by atoms with Gasteiger partial charge in [-0.3, -0.25) is 0 Å². The topological polar surface area (TPSA) is 56.1 Å². The van der Waals surface area contributed by atoms with Crippen LogP contribution < -0.4 is 5.32 Å². The molecule has 1 amide bonds. The lowest BCUT2D eigenvalue weighted by Gasteiger charge is -2.33. The number of imidazole rings is 1. The average molecular weight is 454 g/mol. The monoisotopic (exact) mass is 453 g/mol. The molecule has 1 aromatic carbocycles. The smallest absolute Gasteiger partial charge is 0.408 e. The van der Waals surface area contributed by atoms with E-state index in [0.29, 0.717) is 10.9 Å². The van der Waals surface area contributed by atoms with Crippen LogP contribution in [0.2, 0.25) is 5.02 Å². The zero-order valence-electron chi connectivity index (χ0n) is 19.2. The van der Waals surface area contributed by atoms with E-state index in [0.717, 1.165) is 60.9 Å². The number of carbonyl (C=O) groups excluding carboxylic acids is 1. The first kappa shape index (κ1) is 22.7. The van der Waals surface area contributed by atoms with Gasteiger partial charge in [0.2, 0.25) is 0 Å². The van der Waals surface area contributed by atoms with Crippen molar-refractivity contribution in [2.24, 2.45) is 13.0 Å². The Morgan fingerprint density at radius 3 is 2.72 bits per heavy atom. The fourth-order valence-corrected chi connectivity index (χ4v) is 5.06. The summed E-state index contributed by atoms with van der Waals surface area (Å²) >= 11 is 6.39. The number of alkyl carbamates (subject to hydrolysis) is 1. The zero-order valence-corrected chi connectivity index (χ0v) is 19.9. The molecule has 1 saturated carbocycles. The molecule has 0 bridgehead atoms. The van der Waals surface area contributed by atoms with Crippen molar-refractivity contribution in [3.8, 4) is 0 Å². The van der Waals surface area contributed by atoms with E-state index >= 15 is 0 Å². The van der Waals surface area contributed by atoms with E-state index in [-0.39, 0.29) is 0 Å². The fourth-order valence-electron chi connectivity index (χ4n) is 4.89. The van der Waals surface area contributed by atoms with Crippen LogP contribution in [-0.2, 0) is 18.2 Å². The summed E-state index contributed by atoms with van der Waals surface area (Å²) < 4.78 is 8.06. The molecule has 1 fully saturated rings. The Morgan fingerprint density at radius 1 is 1.34 bits per heavy atom. The highest BCUT2D eigenvalue weighted by atomic mass is 35.5. The Bertz CT molecular complexity index is 1050. The highest BCUT2D eigenvalue weighted by Gasteiger charge is 2.46. The number of halogens is 1. The maximum Gasteiger partial charge on any atom is 0.408 e. The minimum atomic E-state index is -0.437. The van der Waals surface area contributed by atoms with Crippen LogP contribution in [0.25, 0.3) is 5.57 Å². The molecule has 0 aliphatic heterocycles. The van der Waals surface area contributed by atoms with Gasteiger partial charge in [0.15, 0.2) is 0 Å². The first-order chi connectivity index (χ1) is 15.4. The van der Waals surface area contributed by atoms with E-state index in [1.165, 1.54) is 5.56 Å². The van der Waals surface area contributed by atoms with Crippen molar-refractivity contribution in [2.45, 2.75) is 64.0 Å². The summed E-state index contributed by atoms with van der Waals surface area (Å²) in [6, 6.07) is 5.52. The maximum atomic E-state index is 13.3. The van der Waals surface area contributed by atoms with Gasteiger partial charge in [-0.2, -0.15) is 0 Å². The summed E-state index contributed by atoms with van der Waals surface area (Å²) in [5.41, 5.74) is 4.67. The van der Waals surface area contributed by atoms with E-state index in [1.807, 2.05) is 23.7 Å². The first-order valence-corrected chi connectivity index (χ1v) is 11.9. The number of aromatic nitrogens is 2. The van der Waals surface area contributed by atoms with Crippen molar-refractivity contribution < 1.29 is 9.53 Å². The predicted octanol–water partition coefficient (Wildman–Crippen LogP) is 6.40. The number of hydrogen-bond acceptors (Lipinski definition) is 3. The van der Waals surface area contributed by atoms with Crippen LogP contribution in [0.15, 0.2) is 49.0 Å². The number of aryl methyl sites for hydroxylation is 2. The molecule has 2 aromatic rings. The van der Waals surface area contributed by atoms with Gasteiger partial charge in [-0.25, -0.2) is 9.78 Å². The van der Waals surface area contributed by atoms with Gasteiger partial charge < -0.3 is 14.6 Å². The molecule has 2 aliphatic rings. The van der Waals surface area contributed by atoms with E-state index in [4.69, 9.17) is 16.3 Å². The summed E-state index contributed by atoms with van der Waals surface area (Å²) in [7, 11) is 1.93. The molecule has 170 valence electrons. The Morgan fingerprint density at radius 2 is 2.09 bits per heavy atom. The molecule has 1 N–H and O–H groups in total. The molecule has 0 saturated heterocycles. The lowest BCUT2D eigenvalue weighted by atomic mass is 9.91.